The molecule has 2 heterocycles. The van der Waals surface area contributed by atoms with Gasteiger partial charge >= 0.3 is 11.9 Å². The highest BCUT2D eigenvalue weighted by atomic mass is 79.9. The molecule has 2 aromatic heterocycles. The van der Waals surface area contributed by atoms with Crippen molar-refractivity contribution in [1.29, 1.82) is 0 Å². The predicted octanol–water partition coefficient (Wildman–Crippen LogP) is 13.0. The number of benzene rings is 4. The van der Waals surface area contributed by atoms with E-state index in [4.69, 9.17) is 32.5 Å². The quantitative estimate of drug-likeness (QED) is 0.0918. The molecule has 2 fully saturated rings. The molecule has 8 rings (SSSR count). The smallest absolute Gasteiger partial charge is 0.338 e. The first kappa shape index (κ1) is 49.9. The fourth-order valence-electron chi connectivity index (χ4n) is 8.57. The normalized spacial score (nSPS) is 18.3. The molecule has 0 aliphatic heterocycles. The Bertz CT molecular complexity index is 2590. The van der Waals surface area contributed by atoms with Crippen LogP contribution in [0.4, 0.5) is 0 Å². The minimum atomic E-state index is -0.915. The molecule has 2 aliphatic carbocycles. The van der Waals surface area contributed by atoms with Gasteiger partial charge in [0.25, 0.3) is 0 Å². The summed E-state index contributed by atoms with van der Waals surface area (Å²) in [6.07, 6.45) is 7.85. The molecule has 1 N–H and O–H groups in total. The van der Waals surface area contributed by atoms with Crippen LogP contribution >= 0.6 is 31.9 Å². The van der Waals surface area contributed by atoms with E-state index in [2.05, 4.69) is 41.8 Å². The zero-order valence-electron chi connectivity index (χ0n) is 38.6. The van der Waals surface area contributed by atoms with E-state index in [1.807, 2.05) is 113 Å². The summed E-state index contributed by atoms with van der Waals surface area (Å²) < 4.78 is 43.4. The van der Waals surface area contributed by atoms with Crippen molar-refractivity contribution in [2.75, 3.05) is 7.11 Å². The molecule has 0 saturated heterocycles. The largest absolute Gasteiger partial charge is 0.478 e. The SMILES string of the molecule is COC(=O)c1c(C)cccc1CO[C@@H]1CCC[C@H](OCc2nc(-c3ccc(Br)cc3)oc2C)C1.Cc1cccc(CO[C@@H]2CCC[C@H](OCc3nc(-c4ccc(Br)cc4)oc3C)C2)c1C(=O)O. The summed E-state index contributed by atoms with van der Waals surface area (Å²) in [5, 5.41) is 9.52. The summed E-state index contributed by atoms with van der Waals surface area (Å²) in [4.78, 5) is 33.1. The molecule has 4 aromatic carbocycles. The Kier molecular flexibility index (Phi) is 17.8. The number of carbonyl (C=O) groups is 2. The second-order valence-electron chi connectivity index (χ2n) is 17.1. The Hall–Kier alpha value is -4.96. The lowest BCUT2D eigenvalue weighted by Gasteiger charge is -2.29. The van der Waals surface area contributed by atoms with Crippen molar-refractivity contribution in [1.82, 2.24) is 9.97 Å². The number of carboxylic acid groups (broad SMARTS) is 1. The molecule has 0 bridgehead atoms. The molecule has 6 aromatic rings. The molecule has 0 amide bonds. The van der Waals surface area contributed by atoms with Crippen molar-refractivity contribution in [2.24, 2.45) is 0 Å². The van der Waals surface area contributed by atoms with E-state index in [1.54, 1.807) is 0 Å². The standard InChI is InChI=1S/C27H30BrNO5.C26H28BrNO5/c1-17-6-4-7-20(25(17)27(30)31-3)15-32-22-8-5-9-23(14-22)33-16-24-18(2)34-26(29-24)19-10-12-21(28)13-11-19;1-16-5-3-6-19(24(16)26(29)30)14-31-21-7-4-8-22(13-21)32-15-23-17(2)33-25(28-23)18-9-11-20(27)12-10-18/h4,6-7,10-13,22-23H,5,8-9,14-16H2,1-3H3;3,5-6,9-12,21-22H,4,7-8,13-15H2,1-2H3,(H,29,30)/t22-,23+;21-,22+/m11/s1. The van der Waals surface area contributed by atoms with Crippen molar-refractivity contribution in [3.05, 3.63) is 150 Å². The number of aromatic nitrogens is 2. The van der Waals surface area contributed by atoms with Gasteiger partial charge in [-0.3, -0.25) is 0 Å². The number of hydrogen-bond donors (Lipinski definition) is 1. The van der Waals surface area contributed by atoms with Gasteiger partial charge in [0.2, 0.25) is 11.8 Å². The van der Waals surface area contributed by atoms with Crippen molar-refractivity contribution >= 4 is 43.8 Å². The molecule has 12 nitrogen and oxygen atoms in total. The topological polar surface area (TPSA) is 153 Å². The van der Waals surface area contributed by atoms with Crippen LogP contribution in [0.2, 0.25) is 0 Å². The third-order valence-electron chi connectivity index (χ3n) is 12.3. The summed E-state index contributed by atoms with van der Waals surface area (Å²) >= 11 is 6.89. The first-order chi connectivity index (χ1) is 32.3. The van der Waals surface area contributed by atoms with E-state index in [9.17, 15) is 14.7 Å². The maximum atomic E-state index is 12.2. The van der Waals surface area contributed by atoms with Crippen molar-refractivity contribution in [2.45, 2.75) is 130 Å². The number of nitrogens with zero attached hydrogens (tertiary/aromatic N) is 2. The van der Waals surface area contributed by atoms with Gasteiger partial charge in [-0.1, -0.05) is 68.3 Å². The Balaban J connectivity index is 0.000000199. The molecule has 67 heavy (non-hydrogen) atoms. The number of methoxy groups -OCH3 is 1. The van der Waals surface area contributed by atoms with Crippen molar-refractivity contribution in [3.8, 4) is 22.9 Å². The lowest BCUT2D eigenvalue weighted by Crippen LogP contribution is -2.28. The maximum Gasteiger partial charge on any atom is 0.338 e. The minimum Gasteiger partial charge on any atom is -0.478 e. The number of esters is 1. The Morgan fingerprint density at radius 3 is 1.37 bits per heavy atom. The van der Waals surface area contributed by atoms with Gasteiger partial charge in [0.05, 0.1) is 69.1 Å². The van der Waals surface area contributed by atoms with E-state index in [0.717, 1.165) is 111 Å². The molecule has 2 aliphatic rings. The summed E-state index contributed by atoms with van der Waals surface area (Å²) in [5.74, 6) is 1.49. The number of carbonyl (C=O) groups excluding carboxylic acids is 1. The molecular formula is C53H58Br2N2O10. The van der Waals surface area contributed by atoms with Gasteiger partial charge in [0, 0.05) is 20.1 Å². The lowest BCUT2D eigenvalue weighted by atomic mass is 9.94. The molecule has 2 saturated carbocycles. The van der Waals surface area contributed by atoms with Crippen LogP contribution in [-0.2, 0) is 50.1 Å². The fraction of sp³-hybridized carbons (Fsp3) is 0.396. The second-order valence-corrected chi connectivity index (χ2v) is 19.0. The molecule has 354 valence electrons. The molecule has 4 atom stereocenters. The second kappa shape index (κ2) is 23.9. The molecular weight excluding hydrogens is 984 g/mol. The zero-order chi connectivity index (χ0) is 47.5. The minimum absolute atomic E-state index is 0.0441. The maximum absolute atomic E-state index is 12.2. The number of aryl methyl sites for hydroxylation is 4. The number of carboxylic acids is 1. The summed E-state index contributed by atoms with van der Waals surface area (Å²) in [5.41, 5.74) is 7.63. The van der Waals surface area contributed by atoms with Gasteiger partial charge in [-0.25, -0.2) is 19.6 Å². The van der Waals surface area contributed by atoms with Gasteiger partial charge in [-0.15, -0.1) is 0 Å². The fourth-order valence-corrected chi connectivity index (χ4v) is 9.10. The highest BCUT2D eigenvalue weighted by Gasteiger charge is 2.27. The van der Waals surface area contributed by atoms with Crippen LogP contribution in [0.3, 0.4) is 0 Å². The lowest BCUT2D eigenvalue weighted by molar-refractivity contribution is -0.0565. The van der Waals surface area contributed by atoms with Crippen LogP contribution in [0.25, 0.3) is 22.9 Å². The zero-order valence-corrected chi connectivity index (χ0v) is 41.8. The average molecular weight is 1040 g/mol. The number of halogens is 2. The van der Waals surface area contributed by atoms with E-state index in [0.29, 0.717) is 54.9 Å². The number of aromatic carboxylic acids is 1. The average Bonchev–Trinajstić information content (AvgIpc) is 3.90. The molecule has 0 unspecified atom stereocenters. The third-order valence-corrected chi connectivity index (χ3v) is 13.4. The number of ether oxygens (including phenoxy) is 5. The van der Waals surface area contributed by atoms with E-state index in [1.165, 1.54) is 7.11 Å². The van der Waals surface area contributed by atoms with Gasteiger partial charge in [0.15, 0.2) is 0 Å². The highest BCUT2D eigenvalue weighted by molar-refractivity contribution is 9.10. The highest BCUT2D eigenvalue weighted by Crippen LogP contribution is 2.31. The Labute approximate surface area is 409 Å². The van der Waals surface area contributed by atoms with Gasteiger partial charge in [-0.2, -0.15) is 0 Å². The monoisotopic (exact) mass is 1040 g/mol. The first-order valence-electron chi connectivity index (χ1n) is 22.7. The van der Waals surface area contributed by atoms with Gasteiger partial charge in [0.1, 0.15) is 22.9 Å². The number of hydrogen-bond acceptors (Lipinski definition) is 11. The summed E-state index contributed by atoms with van der Waals surface area (Å²) in [6.45, 7) is 9.02. The van der Waals surface area contributed by atoms with Crippen LogP contribution < -0.4 is 0 Å². The molecule has 14 heteroatoms. The Morgan fingerprint density at radius 2 is 0.970 bits per heavy atom. The van der Waals surface area contributed by atoms with Crippen molar-refractivity contribution in [3.63, 3.8) is 0 Å². The third kappa shape index (κ3) is 13.6. The van der Waals surface area contributed by atoms with Crippen LogP contribution in [0.15, 0.2) is 103 Å². The summed E-state index contributed by atoms with van der Waals surface area (Å²) in [6, 6.07) is 27.0. The van der Waals surface area contributed by atoms with Crippen molar-refractivity contribution < 1.29 is 47.2 Å². The van der Waals surface area contributed by atoms with E-state index < -0.39 is 5.97 Å². The van der Waals surface area contributed by atoms with E-state index >= 15 is 0 Å². The molecule has 0 radical (unpaired) electrons. The molecule has 0 spiro atoms. The first-order valence-corrected chi connectivity index (χ1v) is 24.3. The van der Waals surface area contributed by atoms with Gasteiger partial charge < -0.3 is 37.6 Å². The number of rotatable bonds is 16. The van der Waals surface area contributed by atoms with Gasteiger partial charge in [-0.05, 0) is 150 Å². The van der Waals surface area contributed by atoms with Crippen LogP contribution in [-0.4, -0.2) is 58.5 Å². The Morgan fingerprint density at radius 1 is 0.582 bits per heavy atom. The van der Waals surface area contributed by atoms with Crippen LogP contribution in [0.5, 0.6) is 0 Å². The van der Waals surface area contributed by atoms with Crippen LogP contribution in [0, 0.1) is 27.7 Å². The summed E-state index contributed by atoms with van der Waals surface area (Å²) in [7, 11) is 1.40. The number of oxazole rings is 2. The van der Waals surface area contributed by atoms with Crippen LogP contribution in [0.1, 0.15) is 117 Å². The predicted molar refractivity (Wildman–Crippen MR) is 261 cm³/mol. The van der Waals surface area contributed by atoms with E-state index in [-0.39, 0.29) is 30.4 Å².